The number of guanidine groups is 1. The van der Waals surface area contributed by atoms with Crippen molar-refractivity contribution in [2.75, 3.05) is 33.7 Å². The van der Waals surface area contributed by atoms with Gasteiger partial charge in [0.25, 0.3) is 0 Å². The molecule has 1 aromatic carbocycles. The second-order valence-electron chi connectivity index (χ2n) is 8.85. The minimum atomic E-state index is -0.562. The van der Waals surface area contributed by atoms with Crippen LogP contribution in [0.1, 0.15) is 51.6 Å². The SMILES string of the molecule is CN=C(NCC(NC(=O)OC(C)(C)C)c1ccccc1)N1CCC(CC(=O)NC)CC1.I. The molecule has 1 aliphatic rings. The average Bonchev–Trinajstić information content (AvgIpc) is 2.73. The molecular weight excluding hydrogens is 521 g/mol. The van der Waals surface area contributed by atoms with E-state index in [2.05, 4.69) is 25.8 Å². The lowest BCUT2D eigenvalue weighted by Crippen LogP contribution is -2.48. The van der Waals surface area contributed by atoms with Gasteiger partial charge in [0.15, 0.2) is 5.96 Å². The van der Waals surface area contributed by atoms with E-state index in [1.165, 1.54) is 0 Å². The van der Waals surface area contributed by atoms with Crippen molar-refractivity contribution in [3.05, 3.63) is 35.9 Å². The van der Waals surface area contributed by atoms with E-state index in [-0.39, 0.29) is 35.9 Å². The van der Waals surface area contributed by atoms with Crippen LogP contribution in [-0.2, 0) is 9.53 Å². The van der Waals surface area contributed by atoms with Gasteiger partial charge in [-0.15, -0.1) is 24.0 Å². The van der Waals surface area contributed by atoms with Crippen LogP contribution in [0.4, 0.5) is 4.79 Å². The molecule has 0 aromatic heterocycles. The van der Waals surface area contributed by atoms with Crippen LogP contribution >= 0.6 is 24.0 Å². The van der Waals surface area contributed by atoms with Gasteiger partial charge in [0.2, 0.25) is 5.91 Å². The van der Waals surface area contributed by atoms with Gasteiger partial charge in [-0.1, -0.05) is 30.3 Å². The monoisotopic (exact) mass is 559 g/mol. The number of aliphatic imine (C=N–C) groups is 1. The molecule has 8 nitrogen and oxygen atoms in total. The second-order valence-corrected chi connectivity index (χ2v) is 8.85. The number of piperidine rings is 1. The van der Waals surface area contributed by atoms with Crippen molar-refractivity contribution < 1.29 is 14.3 Å². The van der Waals surface area contributed by atoms with E-state index in [1.807, 2.05) is 51.1 Å². The quantitative estimate of drug-likeness (QED) is 0.283. The highest BCUT2D eigenvalue weighted by Gasteiger charge is 2.25. The first kappa shape index (κ1) is 28.0. The summed E-state index contributed by atoms with van der Waals surface area (Å²) in [6.45, 7) is 7.70. The lowest BCUT2D eigenvalue weighted by molar-refractivity contribution is -0.121. The highest BCUT2D eigenvalue weighted by molar-refractivity contribution is 14.0. The lowest BCUT2D eigenvalue weighted by Gasteiger charge is -2.34. The topological polar surface area (TPSA) is 95.1 Å². The zero-order chi connectivity index (χ0) is 22.9. The molecule has 1 atom stereocenters. The Kier molecular flexibility index (Phi) is 11.8. The number of carbonyl (C=O) groups excluding carboxylic acids is 2. The smallest absolute Gasteiger partial charge is 0.408 e. The van der Waals surface area contributed by atoms with Crippen molar-refractivity contribution in [1.29, 1.82) is 0 Å². The number of nitrogens with one attached hydrogen (secondary N) is 3. The Morgan fingerprint density at radius 3 is 2.34 bits per heavy atom. The summed E-state index contributed by atoms with van der Waals surface area (Å²) >= 11 is 0. The molecule has 0 spiro atoms. The van der Waals surface area contributed by atoms with Crippen LogP contribution in [0.5, 0.6) is 0 Å². The van der Waals surface area contributed by atoms with E-state index in [9.17, 15) is 9.59 Å². The fourth-order valence-electron chi connectivity index (χ4n) is 3.63. The summed E-state index contributed by atoms with van der Waals surface area (Å²) in [5, 5.41) is 9.07. The number of amides is 2. The summed E-state index contributed by atoms with van der Waals surface area (Å²) < 4.78 is 5.44. The molecule has 1 unspecified atom stereocenters. The van der Waals surface area contributed by atoms with E-state index in [4.69, 9.17) is 4.74 Å². The van der Waals surface area contributed by atoms with Crippen LogP contribution < -0.4 is 16.0 Å². The maximum absolute atomic E-state index is 12.4. The number of carbonyl (C=O) groups is 2. The number of halogens is 1. The summed E-state index contributed by atoms with van der Waals surface area (Å²) in [6.07, 6.45) is 2.03. The minimum Gasteiger partial charge on any atom is -0.444 e. The molecular formula is C23H38IN5O3. The molecule has 1 saturated heterocycles. The molecule has 0 aliphatic carbocycles. The van der Waals surface area contributed by atoms with Gasteiger partial charge < -0.3 is 25.6 Å². The van der Waals surface area contributed by atoms with Gasteiger partial charge >= 0.3 is 6.09 Å². The first-order chi connectivity index (χ1) is 14.7. The molecule has 3 N–H and O–H groups in total. The number of benzene rings is 1. The van der Waals surface area contributed by atoms with Crippen LogP contribution in [0.15, 0.2) is 35.3 Å². The summed E-state index contributed by atoms with van der Waals surface area (Å²) in [5.41, 5.74) is 0.425. The molecule has 1 heterocycles. The zero-order valence-corrected chi connectivity index (χ0v) is 22.1. The summed E-state index contributed by atoms with van der Waals surface area (Å²) in [6, 6.07) is 9.55. The van der Waals surface area contributed by atoms with E-state index in [0.29, 0.717) is 18.9 Å². The van der Waals surface area contributed by atoms with Gasteiger partial charge in [-0.05, 0) is 45.1 Å². The lowest BCUT2D eigenvalue weighted by atomic mass is 9.93. The van der Waals surface area contributed by atoms with Crippen LogP contribution in [0, 0.1) is 5.92 Å². The van der Waals surface area contributed by atoms with E-state index in [0.717, 1.165) is 37.5 Å². The Balaban J connectivity index is 0.00000512. The predicted octanol–water partition coefficient (Wildman–Crippen LogP) is 3.29. The third kappa shape index (κ3) is 9.62. The number of nitrogens with zero attached hydrogens (tertiary/aromatic N) is 2. The Hall–Kier alpha value is -2.04. The van der Waals surface area contributed by atoms with Gasteiger partial charge in [-0.3, -0.25) is 9.79 Å². The van der Waals surface area contributed by atoms with Crippen molar-refractivity contribution in [2.45, 2.75) is 51.7 Å². The van der Waals surface area contributed by atoms with Crippen LogP contribution in [0.3, 0.4) is 0 Å². The zero-order valence-electron chi connectivity index (χ0n) is 19.8. The molecule has 0 bridgehead atoms. The van der Waals surface area contributed by atoms with Crippen LogP contribution in [0.2, 0.25) is 0 Å². The van der Waals surface area contributed by atoms with Crippen LogP contribution in [0.25, 0.3) is 0 Å². The van der Waals surface area contributed by atoms with E-state index < -0.39 is 11.7 Å². The molecule has 1 aliphatic heterocycles. The fraction of sp³-hybridized carbons (Fsp3) is 0.609. The van der Waals surface area contributed by atoms with E-state index in [1.54, 1.807) is 14.1 Å². The van der Waals surface area contributed by atoms with Crippen molar-refractivity contribution >= 4 is 41.9 Å². The van der Waals surface area contributed by atoms with Gasteiger partial charge in [0, 0.05) is 40.2 Å². The Bertz CT molecular complexity index is 744. The normalized spacial score (nSPS) is 15.9. The third-order valence-electron chi connectivity index (χ3n) is 5.24. The van der Waals surface area contributed by atoms with Crippen molar-refractivity contribution in [3.63, 3.8) is 0 Å². The second kappa shape index (κ2) is 13.5. The number of likely N-dealkylation sites (tertiary alicyclic amines) is 1. The van der Waals surface area contributed by atoms with Gasteiger partial charge in [0.1, 0.15) is 5.60 Å². The largest absolute Gasteiger partial charge is 0.444 e. The molecule has 2 amide bonds. The molecule has 1 aromatic rings. The Morgan fingerprint density at radius 2 is 1.81 bits per heavy atom. The minimum absolute atomic E-state index is 0. The van der Waals surface area contributed by atoms with Crippen molar-refractivity contribution in [1.82, 2.24) is 20.9 Å². The summed E-state index contributed by atoms with van der Waals surface area (Å²) in [5.74, 6) is 1.30. The van der Waals surface area contributed by atoms with Crippen molar-refractivity contribution in [3.8, 4) is 0 Å². The van der Waals surface area contributed by atoms with Gasteiger partial charge in [0.05, 0.1) is 6.04 Å². The van der Waals surface area contributed by atoms with E-state index >= 15 is 0 Å². The van der Waals surface area contributed by atoms with Crippen LogP contribution in [-0.4, -0.2) is 62.2 Å². The first-order valence-electron chi connectivity index (χ1n) is 10.9. The number of rotatable bonds is 6. The van der Waals surface area contributed by atoms with Gasteiger partial charge in [-0.25, -0.2) is 4.79 Å². The molecule has 0 radical (unpaired) electrons. The average molecular weight is 559 g/mol. The maximum Gasteiger partial charge on any atom is 0.408 e. The highest BCUT2D eigenvalue weighted by atomic mass is 127. The molecule has 9 heteroatoms. The Morgan fingerprint density at radius 1 is 1.19 bits per heavy atom. The standard InChI is InChI=1S/C23H37N5O3.HI/c1-23(2,3)31-22(30)27-19(18-9-7-6-8-10-18)16-26-21(25-5)28-13-11-17(12-14-28)15-20(29)24-4;/h6-10,17,19H,11-16H2,1-5H3,(H,24,29)(H,25,26)(H,27,30);1H. The molecule has 0 saturated carbocycles. The molecule has 1 fully saturated rings. The molecule has 180 valence electrons. The molecule has 32 heavy (non-hydrogen) atoms. The third-order valence-corrected chi connectivity index (χ3v) is 5.24. The van der Waals surface area contributed by atoms with Gasteiger partial charge in [-0.2, -0.15) is 0 Å². The number of ether oxygens (including phenoxy) is 1. The molecule has 2 rings (SSSR count). The summed E-state index contributed by atoms with van der Waals surface area (Å²) in [4.78, 5) is 30.6. The predicted molar refractivity (Wildman–Crippen MR) is 138 cm³/mol. The fourth-order valence-corrected chi connectivity index (χ4v) is 3.63. The number of alkyl carbamates (subject to hydrolysis) is 1. The number of hydrogen-bond acceptors (Lipinski definition) is 4. The Labute approximate surface area is 209 Å². The summed E-state index contributed by atoms with van der Waals surface area (Å²) in [7, 11) is 3.44. The highest BCUT2D eigenvalue weighted by Crippen LogP contribution is 2.21. The number of hydrogen-bond donors (Lipinski definition) is 3. The maximum atomic E-state index is 12.4. The van der Waals surface area contributed by atoms with Crippen molar-refractivity contribution in [2.24, 2.45) is 10.9 Å². The first-order valence-corrected chi connectivity index (χ1v) is 10.9.